The van der Waals surface area contributed by atoms with Crippen LogP contribution in [0.3, 0.4) is 0 Å². The average molecular weight is 267 g/mol. The van der Waals surface area contributed by atoms with Crippen LogP contribution in [0, 0.1) is 12.8 Å². The number of aryl methyl sites for hydroxylation is 3. The fourth-order valence-corrected chi connectivity index (χ4v) is 3.11. The lowest BCUT2D eigenvalue weighted by Gasteiger charge is -2.08. The van der Waals surface area contributed by atoms with Crippen molar-refractivity contribution in [1.29, 1.82) is 0 Å². The van der Waals surface area contributed by atoms with Gasteiger partial charge < -0.3 is 4.57 Å². The lowest BCUT2D eigenvalue weighted by molar-refractivity contribution is 0.608. The molecule has 0 aromatic carbocycles. The molecule has 0 radical (unpaired) electrons. The third-order valence-corrected chi connectivity index (χ3v) is 4.16. The maximum Gasteiger partial charge on any atom is 0.158 e. The predicted octanol–water partition coefficient (Wildman–Crippen LogP) is 2.83. The molecule has 98 valence electrons. The molecule has 2 aromatic heterocycles. The molecule has 3 rings (SSSR count). The Hall–Kier alpha value is -1.03. The number of imidazole rings is 1. The van der Waals surface area contributed by atoms with E-state index in [1.165, 1.54) is 12.8 Å². The number of aromatic nitrogens is 4. The molecule has 18 heavy (non-hydrogen) atoms. The molecule has 2 aromatic rings. The van der Waals surface area contributed by atoms with E-state index < -0.39 is 0 Å². The summed E-state index contributed by atoms with van der Waals surface area (Å²) in [6.45, 7) is 4.28. The summed E-state index contributed by atoms with van der Waals surface area (Å²) >= 11 is 5.90. The Morgan fingerprint density at radius 2 is 2.22 bits per heavy atom. The smallest absolute Gasteiger partial charge is 0.158 e. The van der Waals surface area contributed by atoms with Gasteiger partial charge in [0.05, 0.1) is 5.69 Å². The molecule has 5 heteroatoms. The second kappa shape index (κ2) is 4.26. The minimum Gasteiger partial charge on any atom is -0.309 e. The Bertz CT molecular complexity index is 583. The molecule has 0 aliphatic heterocycles. The van der Waals surface area contributed by atoms with Crippen LogP contribution in [-0.2, 0) is 13.5 Å². The van der Waals surface area contributed by atoms with Gasteiger partial charge in [0, 0.05) is 25.4 Å². The molecular weight excluding hydrogens is 248 g/mol. The van der Waals surface area contributed by atoms with Crippen LogP contribution >= 0.6 is 11.6 Å². The van der Waals surface area contributed by atoms with Gasteiger partial charge in [-0.15, -0.1) is 11.6 Å². The molecule has 2 heterocycles. The summed E-state index contributed by atoms with van der Waals surface area (Å²) in [5.74, 6) is 2.54. The molecule has 1 aliphatic rings. The van der Waals surface area contributed by atoms with Gasteiger partial charge in [0.15, 0.2) is 5.65 Å². The summed E-state index contributed by atoms with van der Waals surface area (Å²) < 4.78 is 4.34. The molecule has 0 saturated heterocycles. The SMILES string of the molecule is CCC1CC1n1c(CCCl)nc2c(C)nn(C)c21. The van der Waals surface area contributed by atoms with Crippen molar-refractivity contribution < 1.29 is 0 Å². The number of nitrogens with zero attached hydrogens (tertiary/aromatic N) is 4. The molecule has 0 amide bonds. The Labute approximate surface area is 112 Å². The molecule has 1 saturated carbocycles. The van der Waals surface area contributed by atoms with Crippen LogP contribution in [0.25, 0.3) is 11.2 Å². The van der Waals surface area contributed by atoms with E-state index in [0.29, 0.717) is 11.9 Å². The zero-order chi connectivity index (χ0) is 12.9. The zero-order valence-electron chi connectivity index (χ0n) is 11.1. The fourth-order valence-electron chi connectivity index (χ4n) is 2.94. The number of hydrogen-bond donors (Lipinski definition) is 0. The van der Waals surface area contributed by atoms with Gasteiger partial charge in [-0.05, 0) is 19.3 Å². The van der Waals surface area contributed by atoms with Crippen molar-refractivity contribution in [2.24, 2.45) is 13.0 Å². The Balaban J connectivity index is 2.15. The highest BCUT2D eigenvalue weighted by Crippen LogP contribution is 2.47. The van der Waals surface area contributed by atoms with E-state index in [9.17, 15) is 0 Å². The second-order valence-electron chi connectivity index (χ2n) is 5.19. The molecule has 0 spiro atoms. The predicted molar refractivity (Wildman–Crippen MR) is 73.1 cm³/mol. The van der Waals surface area contributed by atoms with Crippen molar-refractivity contribution in [2.75, 3.05) is 5.88 Å². The molecule has 1 fully saturated rings. The van der Waals surface area contributed by atoms with E-state index in [2.05, 4.69) is 16.6 Å². The first-order chi connectivity index (χ1) is 8.67. The van der Waals surface area contributed by atoms with Crippen LogP contribution in [-0.4, -0.2) is 25.2 Å². The summed E-state index contributed by atoms with van der Waals surface area (Å²) in [5, 5.41) is 4.47. The fraction of sp³-hybridized carbons (Fsp3) is 0.692. The van der Waals surface area contributed by atoms with E-state index in [1.54, 1.807) is 0 Å². The number of fused-ring (bicyclic) bond motifs is 1. The van der Waals surface area contributed by atoms with Crippen LogP contribution in [0.2, 0.25) is 0 Å². The number of hydrogen-bond acceptors (Lipinski definition) is 2. The van der Waals surface area contributed by atoms with Gasteiger partial charge in [-0.1, -0.05) is 13.3 Å². The highest BCUT2D eigenvalue weighted by atomic mass is 35.5. The molecule has 0 bridgehead atoms. The average Bonchev–Trinajstić information content (AvgIpc) is 2.94. The number of alkyl halides is 1. The van der Waals surface area contributed by atoms with Gasteiger partial charge in [-0.25, -0.2) is 4.98 Å². The van der Waals surface area contributed by atoms with Gasteiger partial charge in [-0.3, -0.25) is 4.68 Å². The summed E-state index contributed by atoms with van der Waals surface area (Å²) in [4.78, 5) is 4.75. The van der Waals surface area contributed by atoms with Crippen LogP contribution in [0.5, 0.6) is 0 Å². The third kappa shape index (κ3) is 1.66. The first-order valence-corrected chi connectivity index (χ1v) is 7.17. The van der Waals surface area contributed by atoms with E-state index >= 15 is 0 Å². The van der Waals surface area contributed by atoms with Gasteiger partial charge in [0.2, 0.25) is 0 Å². The highest BCUT2D eigenvalue weighted by Gasteiger charge is 2.40. The van der Waals surface area contributed by atoms with Crippen molar-refractivity contribution in [3.8, 4) is 0 Å². The number of halogens is 1. The first kappa shape index (κ1) is 12.0. The van der Waals surface area contributed by atoms with Gasteiger partial charge in [0.1, 0.15) is 11.3 Å². The van der Waals surface area contributed by atoms with Crippen LogP contribution in [0.4, 0.5) is 0 Å². The Morgan fingerprint density at radius 1 is 1.44 bits per heavy atom. The Kier molecular flexibility index (Phi) is 2.85. The van der Waals surface area contributed by atoms with E-state index in [1.807, 2.05) is 18.7 Å². The quantitative estimate of drug-likeness (QED) is 0.798. The summed E-state index contributed by atoms with van der Waals surface area (Å²) in [7, 11) is 2.00. The maximum absolute atomic E-state index is 5.90. The summed E-state index contributed by atoms with van der Waals surface area (Å²) in [5.41, 5.74) is 3.21. The highest BCUT2D eigenvalue weighted by molar-refractivity contribution is 6.17. The molecule has 2 atom stereocenters. The molecule has 1 aliphatic carbocycles. The standard InChI is InChI=1S/C13H19ClN4/c1-4-9-7-10(9)18-11(5-6-14)15-12-8(2)16-17(3)13(12)18/h9-10H,4-7H2,1-3H3. The van der Waals surface area contributed by atoms with Gasteiger partial charge >= 0.3 is 0 Å². The van der Waals surface area contributed by atoms with Crippen molar-refractivity contribution >= 4 is 22.8 Å². The molecule has 2 unspecified atom stereocenters. The minimum absolute atomic E-state index is 0.605. The van der Waals surface area contributed by atoms with Crippen molar-refractivity contribution in [3.05, 3.63) is 11.5 Å². The summed E-state index contributed by atoms with van der Waals surface area (Å²) in [6, 6.07) is 0.605. The summed E-state index contributed by atoms with van der Waals surface area (Å²) in [6.07, 6.45) is 3.34. The second-order valence-corrected chi connectivity index (χ2v) is 5.57. The van der Waals surface area contributed by atoms with E-state index in [4.69, 9.17) is 16.6 Å². The Morgan fingerprint density at radius 3 is 2.83 bits per heavy atom. The van der Waals surface area contributed by atoms with Gasteiger partial charge in [0.25, 0.3) is 0 Å². The van der Waals surface area contributed by atoms with Crippen molar-refractivity contribution in [2.45, 2.75) is 39.2 Å². The lowest BCUT2D eigenvalue weighted by atomic mass is 10.3. The lowest BCUT2D eigenvalue weighted by Crippen LogP contribution is -2.07. The third-order valence-electron chi connectivity index (χ3n) is 3.97. The topological polar surface area (TPSA) is 35.6 Å². The zero-order valence-corrected chi connectivity index (χ0v) is 11.9. The van der Waals surface area contributed by atoms with E-state index in [0.717, 1.165) is 35.0 Å². The monoisotopic (exact) mass is 266 g/mol. The number of rotatable bonds is 4. The van der Waals surface area contributed by atoms with Crippen molar-refractivity contribution in [1.82, 2.24) is 19.3 Å². The molecular formula is C13H19ClN4. The maximum atomic E-state index is 5.90. The molecule has 0 N–H and O–H groups in total. The van der Waals surface area contributed by atoms with Crippen molar-refractivity contribution in [3.63, 3.8) is 0 Å². The van der Waals surface area contributed by atoms with Crippen LogP contribution in [0.15, 0.2) is 0 Å². The normalized spacial score (nSPS) is 22.9. The van der Waals surface area contributed by atoms with Crippen LogP contribution in [0.1, 0.15) is 37.3 Å². The minimum atomic E-state index is 0.605. The first-order valence-electron chi connectivity index (χ1n) is 6.63. The van der Waals surface area contributed by atoms with Crippen LogP contribution < -0.4 is 0 Å². The molecule has 4 nitrogen and oxygen atoms in total. The largest absolute Gasteiger partial charge is 0.309 e. The van der Waals surface area contributed by atoms with E-state index in [-0.39, 0.29) is 0 Å². The van der Waals surface area contributed by atoms with Gasteiger partial charge in [-0.2, -0.15) is 5.10 Å².